The Hall–Kier alpha value is -0.950. The van der Waals surface area contributed by atoms with Crippen LogP contribution in [0.5, 0.6) is 0 Å². The van der Waals surface area contributed by atoms with Gasteiger partial charge in [-0.2, -0.15) is 11.8 Å². The van der Waals surface area contributed by atoms with Crippen LogP contribution in [0.15, 0.2) is 0 Å². The number of urea groups is 1. The lowest BCUT2D eigenvalue weighted by molar-refractivity contribution is -0.142. The van der Waals surface area contributed by atoms with Crippen LogP contribution >= 0.6 is 11.8 Å². The Bertz CT molecular complexity index is 287. The highest BCUT2D eigenvalue weighted by Crippen LogP contribution is 2.13. The molecular weight excluding hydrogens is 244 g/mol. The van der Waals surface area contributed by atoms with Crippen LogP contribution in [0.25, 0.3) is 0 Å². The summed E-state index contributed by atoms with van der Waals surface area (Å²) in [6, 6.07) is -0.787. The zero-order chi connectivity index (χ0) is 12.8. The largest absolute Gasteiger partial charge is 0.481 e. The van der Waals surface area contributed by atoms with Crippen LogP contribution in [-0.2, 0) is 9.53 Å². The summed E-state index contributed by atoms with van der Waals surface area (Å²) >= 11 is 1.65. The summed E-state index contributed by atoms with van der Waals surface area (Å²) in [7, 11) is 0. The molecule has 7 heteroatoms. The van der Waals surface area contributed by atoms with Crippen LogP contribution in [0.2, 0.25) is 0 Å². The van der Waals surface area contributed by atoms with Gasteiger partial charge in [0.05, 0.1) is 19.3 Å². The third kappa shape index (κ3) is 4.43. The molecule has 0 aromatic rings. The van der Waals surface area contributed by atoms with Gasteiger partial charge in [0.15, 0.2) is 0 Å². The van der Waals surface area contributed by atoms with Gasteiger partial charge in [0.2, 0.25) is 0 Å². The van der Waals surface area contributed by atoms with Gasteiger partial charge in [0, 0.05) is 11.8 Å². The topological polar surface area (TPSA) is 87.7 Å². The molecule has 0 saturated carbocycles. The maximum Gasteiger partial charge on any atom is 0.315 e. The quantitative estimate of drug-likeness (QED) is 0.656. The molecule has 3 N–H and O–H groups in total. The standard InChI is InChI=1S/C10H18N2O4S/c1-6(17-2)3-11-10(15)12-8-5-16-4-7(8)9(13)14/h6-8H,3-5H2,1-2H3,(H,13,14)(H2,11,12,15). The van der Waals surface area contributed by atoms with E-state index in [2.05, 4.69) is 10.6 Å². The van der Waals surface area contributed by atoms with Crippen molar-refractivity contribution in [1.29, 1.82) is 0 Å². The molecule has 3 unspecified atom stereocenters. The van der Waals surface area contributed by atoms with Gasteiger partial charge in [-0.3, -0.25) is 4.79 Å². The number of carbonyl (C=O) groups is 2. The van der Waals surface area contributed by atoms with Gasteiger partial charge in [0.25, 0.3) is 0 Å². The number of hydrogen-bond acceptors (Lipinski definition) is 4. The normalized spacial score (nSPS) is 25.3. The molecule has 2 amide bonds. The number of hydrogen-bond donors (Lipinski definition) is 3. The molecule has 1 fully saturated rings. The molecule has 0 bridgehead atoms. The first-order valence-corrected chi connectivity index (χ1v) is 6.71. The lowest BCUT2D eigenvalue weighted by atomic mass is 10.0. The molecule has 1 aliphatic rings. The molecule has 1 heterocycles. The molecule has 0 aromatic heterocycles. The average molecular weight is 262 g/mol. The highest BCUT2D eigenvalue weighted by Gasteiger charge is 2.34. The third-order valence-corrected chi connectivity index (χ3v) is 3.64. The predicted octanol–water partition coefficient (Wildman–Crippen LogP) is 0.137. The molecule has 0 spiro atoms. The van der Waals surface area contributed by atoms with E-state index in [9.17, 15) is 9.59 Å². The highest BCUT2D eigenvalue weighted by molar-refractivity contribution is 7.99. The Balaban J connectivity index is 2.33. The molecule has 0 aliphatic carbocycles. The lowest BCUT2D eigenvalue weighted by Crippen LogP contribution is -2.48. The van der Waals surface area contributed by atoms with E-state index < -0.39 is 17.9 Å². The highest BCUT2D eigenvalue weighted by atomic mass is 32.2. The van der Waals surface area contributed by atoms with Gasteiger partial charge in [-0.05, 0) is 6.26 Å². The molecule has 3 atom stereocenters. The Morgan fingerprint density at radius 2 is 2.24 bits per heavy atom. The smallest absolute Gasteiger partial charge is 0.315 e. The number of amides is 2. The second kappa shape index (κ2) is 6.70. The molecule has 1 saturated heterocycles. The number of nitrogens with one attached hydrogen (secondary N) is 2. The molecule has 98 valence electrons. The predicted molar refractivity (Wildman–Crippen MR) is 65.2 cm³/mol. The molecular formula is C10H18N2O4S. The van der Waals surface area contributed by atoms with Gasteiger partial charge >= 0.3 is 12.0 Å². The van der Waals surface area contributed by atoms with Crippen LogP contribution in [0.4, 0.5) is 4.79 Å². The monoisotopic (exact) mass is 262 g/mol. The summed E-state index contributed by atoms with van der Waals surface area (Å²) in [5, 5.41) is 14.6. The van der Waals surface area contributed by atoms with E-state index in [0.717, 1.165) is 0 Å². The lowest BCUT2D eigenvalue weighted by Gasteiger charge is -2.17. The fourth-order valence-electron chi connectivity index (χ4n) is 1.48. The van der Waals surface area contributed by atoms with E-state index in [-0.39, 0.29) is 19.2 Å². The second-order valence-electron chi connectivity index (χ2n) is 3.99. The van der Waals surface area contributed by atoms with Crippen molar-refractivity contribution in [1.82, 2.24) is 10.6 Å². The van der Waals surface area contributed by atoms with Crippen molar-refractivity contribution >= 4 is 23.8 Å². The number of thioether (sulfide) groups is 1. The minimum atomic E-state index is -0.940. The van der Waals surface area contributed by atoms with Crippen molar-refractivity contribution in [2.45, 2.75) is 18.2 Å². The molecule has 1 aliphatic heterocycles. The maximum absolute atomic E-state index is 11.5. The average Bonchev–Trinajstić information content (AvgIpc) is 2.74. The van der Waals surface area contributed by atoms with Crippen molar-refractivity contribution < 1.29 is 19.4 Å². The number of carboxylic acid groups (broad SMARTS) is 1. The summed E-state index contributed by atoms with van der Waals surface area (Å²) in [6.07, 6.45) is 1.97. The van der Waals surface area contributed by atoms with Gasteiger partial charge in [-0.25, -0.2) is 4.79 Å². The summed E-state index contributed by atoms with van der Waals surface area (Å²) in [4.78, 5) is 22.4. The zero-order valence-electron chi connectivity index (χ0n) is 9.93. The fraction of sp³-hybridized carbons (Fsp3) is 0.800. The maximum atomic E-state index is 11.5. The van der Waals surface area contributed by atoms with Gasteiger partial charge in [-0.1, -0.05) is 6.92 Å². The number of ether oxygens (including phenoxy) is 1. The first-order chi connectivity index (χ1) is 8.04. The van der Waals surface area contributed by atoms with E-state index in [4.69, 9.17) is 9.84 Å². The van der Waals surface area contributed by atoms with Crippen LogP contribution in [0.1, 0.15) is 6.92 Å². The van der Waals surface area contributed by atoms with Crippen molar-refractivity contribution in [3.8, 4) is 0 Å². The Morgan fingerprint density at radius 1 is 1.53 bits per heavy atom. The van der Waals surface area contributed by atoms with E-state index >= 15 is 0 Å². The zero-order valence-corrected chi connectivity index (χ0v) is 10.8. The van der Waals surface area contributed by atoms with Crippen LogP contribution in [-0.4, -0.2) is 54.4 Å². The van der Waals surface area contributed by atoms with Crippen molar-refractivity contribution in [3.63, 3.8) is 0 Å². The molecule has 17 heavy (non-hydrogen) atoms. The summed E-state index contributed by atoms with van der Waals surface area (Å²) in [5.41, 5.74) is 0. The second-order valence-corrected chi connectivity index (χ2v) is 5.27. The fourth-order valence-corrected chi connectivity index (χ4v) is 1.73. The van der Waals surface area contributed by atoms with Gasteiger partial charge < -0.3 is 20.5 Å². The van der Waals surface area contributed by atoms with E-state index in [1.807, 2.05) is 13.2 Å². The Labute approximate surface area is 104 Å². The van der Waals surface area contributed by atoms with E-state index in [0.29, 0.717) is 11.8 Å². The van der Waals surface area contributed by atoms with Crippen molar-refractivity contribution in [2.75, 3.05) is 26.0 Å². The molecule has 1 rings (SSSR count). The van der Waals surface area contributed by atoms with Crippen molar-refractivity contribution in [2.24, 2.45) is 5.92 Å². The first-order valence-electron chi connectivity index (χ1n) is 5.42. The summed E-state index contributed by atoms with van der Waals surface area (Å²) < 4.78 is 5.05. The Morgan fingerprint density at radius 3 is 2.82 bits per heavy atom. The van der Waals surface area contributed by atoms with Gasteiger partial charge in [0.1, 0.15) is 5.92 Å². The minimum Gasteiger partial charge on any atom is -0.481 e. The number of carboxylic acids is 1. The Kier molecular flexibility index (Phi) is 5.57. The van der Waals surface area contributed by atoms with E-state index in [1.165, 1.54) is 0 Å². The van der Waals surface area contributed by atoms with Crippen molar-refractivity contribution in [3.05, 3.63) is 0 Å². The first kappa shape index (κ1) is 14.1. The van der Waals surface area contributed by atoms with Crippen LogP contribution in [0, 0.1) is 5.92 Å². The van der Waals surface area contributed by atoms with Crippen LogP contribution < -0.4 is 10.6 Å². The van der Waals surface area contributed by atoms with Gasteiger partial charge in [-0.15, -0.1) is 0 Å². The number of rotatable bonds is 5. The third-order valence-electron chi connectivity index (χ3n) is 2.67. The van der Waals surface area contributed by atoms with E-state index in [1.54, 1.807) is 11.8 Å². The molecule has 6 nitrogen and oxygen atoms in total. The summed E-state index contributed by atoms with van der Waals surface area (Å²) in [5.74, 6) is -1.59. The summed E-state index contributed by atoms with van der Waals surface area (Å²) in [6.45, 7) is 2.96. The minimum absolute atomic E-state index is 0.154. The number of carbonyl (C=O) groups excluding carboxylic acids is 1. The molecule has 0 radical (unpaired) electrons. The van der Waals surface area contributed by atoms with Crippen LogP contribution in [0.3, 0.4) is 0 Å². The molecule has 0 aromatic carbocycles. The SMILES string of the molecule is CSC(C)CNC(=O)NC1COCC1C(=O)O. The number of aliphatic carboxylic acids is 1.